The average Bonchev–Trinajstić information content (AvgIpc) is 2.58. The highest BCUT2D eigenvalue weighted by molar-refractivity contribution is 8.02. The summed E-state index contributed by atoms with van der Waals surface area (Å²) in [7, 11) is 0. The van der Waals surface area contributed by atoms with Crippen LogP contribution < -0.4 is 4.74 Å². The van der Waals surface area contributed by atoms with Crippen LogP contribution >= 0.6 is 24.4 Å². The molecule has 2 rings (SSSR count). The number of hydrogen-bond donors (Lipinski definition) is 1. The maximum Gasteiger partial charge on any atom is 0.220 e. The van der Waals surface area contributed by atoms with E-state index in [4.69, 9.17) is 4.74 Å². The molecule has 2 aromatic rings. The largest absolute Gasteiger partial charge is 0.439 e. The number of thioether (sulfide) groups is 1. The molecule has 0 N–H and O–H groups in total. The Morgan fingerprint density at radius 3 is 2.17 bits per heavy atom. The molecule has 0 amide bonds. The summed E-state index contributed by atoms with van der Waals surface area (Å²) in [6.45, 7) is 4.10. The fourth-order valence-electron chi connectivity index (χ4n) is 1.54. The maximum absolute atomic E-state index is 5.81. The second-order valence-electron chi connectivity index (χ2n) is 4.28. The van der Waals surface area contributed by atoms with Gasteiger partial charge in [0.2, 0.25) is 5.90 Å². The van der Waals surface area contributed by atoms with E-state index in [9.17, 15) is 0 Å². The first-order chi connectivity index (χ1) is 11.3. The summed E-state index contributed by atoms with van der Waals surface area (Å²) in [6.07, 6.45) is 1.90. The SMILES string of the molecule is CCS.CCS/C=C/C(=N/c1ccccc1)Oc1ccccc1. The molecule has 0 spiro atoms. The Balaban J connectivity index is 0.000000816. The molecule has 0 aliphatic carbocycles. The minimum absolute atomic E-state index is 0.586. The highest BCUT2D eigenvalue weighted by atomic mass is 32.2. The van der Waals surface area contributed by atoms with Gasteiger partial charge in [-0.2, -0.15) is 12.6 Å². The fraction of sp³-hybridized carbons (Fsp3) is 0.211. The first-order valence-corrected chi connectivity index (χ1v) is 9.23. The van der Waals surface area contributed by atoms with Gasteiger partial charge in [0.15, 0.2) is 0 Å². The van der Waals surface area contributed by atoms with Crippen molar-refractivity contribution in [3.05, 3.63) is 72.1 Å². The van der Waals surface area contributed by atoms with Crippen LogP contribution in [-0.2, 0) is 0 Å². The minimum atomic E-state index is 0.586. The predicted molar refractivity (Wildman–Crippen MR) is 107 cm³/mol. The summed E-state index contributed by atoms with van der Waals surface area (Å²) in [5, 5.41) is 2.00. The van der Waals surface area contributed by atoms with E-state index >= 15 is 0 Å². The number of nitrogens with zero attached hydrogens (tertiary/aromatic N) is 1. The van der Waals surface area contributed by atoms with Crippen molar-refractivity contribution in [2.45, 2.75) is 13.8 Å². The van der Waals surface area contributed by atoms with Crippen LogP contribution in [0.4, 0.5) is 5.69 Å². The molecule has 23 heavy (non-hydrogen) atoms. The van der Waals surface area contributed by atoms with Crippen molar-refractivity contribution < 1.29 is 4.74 Å². The summed E-state index contributed by atoms with van der Waals surface area (Å²) in [6, 6.07) is 19.5. The van der Waals surface area contributed by atoms with Crippen molar-refractivity contribution in [2.75, 3.05) is 11.5 Å². The van der Waals surface area contributed by atoms with Gasteiger partial charge in [0.25, 0.3) is 0 Å². The van der Waals surface area contributed by atoms with Crippen molar-refractivity contribution in [3.63, 3.8) is 0 Å². The number of benzene rings is 2. The van der Waals surface area contributed by atoms with E-state index in [2.05, 4.69) is 24.5 Å². The predicted octanol–water partition coefficient (Wildman–Crippen LogP) is 6.00. The minimum Gasteiger partial charge on any atom is -0.439 e. The maximum atomic E-state index is 5.81. The van der Waals surface area contributed by atoms with Gasteiger partial charge in [0.1, 0.15) is 5.75 Å². The van der Waals surface area contributed by atoms with Crippen molar-refractivity contribution in [1.29, 1.82) is 0 Å². The zero-order valence-corrected chi connectivity index (χ0v) is 15.3. The van der Waals surface area contributed by atoms with Gasteiger partial charge in [-0.25, -0.2) is 4.99 Å². The molecule has 0 saturated carbocycles. The molecule has 0 heterocycles. The van der Waals surface area contributed by atoms with E-state index in [0.29, 0.717) is 5.90 Å². The average molecular weight is 346 g/mol. The van der Waals surface area contributed by atoms with Crippen LogP contribution in [0, 0.1) is 0 Å². The second kappa shape index (κ2) is 12.9. The van der Waals surface area contributed by atoms with Crippen LogP contribution in [0.3, 0.4) is 0 Å². The number of para-hydroxylation sites is 2. The Labute approximate surface area is 149 Å². The van der Waals surface area contributed by atoms with Gasteiger partial charge in [-0.3, -0.25) is 0 Å². The summed E-state index contributed by atoms with van der Waals surface area (Å²) in [5.74, 6) is 3.34. The van der Waals surface area contributed by atoms with E-state index < -0.39 is 0 Å². The third-order valence-corrected chi connectivity index (χ3v) is 3.10. The topological polar surface area (TPSA) is 21.6 Å². The van der Waals surface area contributed by atoms with E-state index in [1.54, 1.807) is 11.8 Å². The van der Waals surface area contributed by atoms with Gasteiger partial charge in [0, 0.05) is 6.08 Å². The highest BCUT2D eigenvalue weighted by Gasteiger charge is 1.99. The van der Waals surface area contributed by atoms with E-state index in [1.165, 1.54) is 0 Å². The Morgan fingerprint density at radius 2 is 1.61 bits per heavy atom. The van der Waals surface area contributed by atoms with Crippen LogP contribution in [0.15, 0.2) is 77.1 Å². The summed E-state index contributed by atoms with van der Waals surface area (Å²) < 4.78 is 5.81. The van der Waals surface area contributed by atoms with Crippen LogP contribution in [0.25, 0.3) is 0 Å². The van der Waals surface area contributed by atoms with Gasteiger partial charge < -0.3 is 4.74 Å². The molecule has 0 radical (unpaired) electrons. The Kier molecular flexibility index (Phi) is 10.8. The van der Waals surface area contributed by atoms with Crippen molar-refractivity contribution in [1.82, 2.24) is 0 Å². The third-order valence-electron chi connectivity index (χ3n) is 2.43. The number of hydrogen-bond acceptors (Lipinski definition) is 4. The monoisotopic (exact) mass is 345 g/mol. The number of thiol groups is 1. The molecule has 4 heteroatoms. The van der Waals surface area contributed by atoms with Crippen LogP contribution in [0.5, 0.6) is 5.75 Å². The Morgan fingerprint density at radius 1 is 1.04 bits per heavy atom. The van der Waals surface area contributed by atoms with E-state index in [-0.39, 0.29) is 0 Å². The van der Waals surface area contributed by atoms with Crippen LogP contribution in [0.2, 0.25) is 0 Å². The van der Waals surface area contributed by atoms with Crippen molar-refractivity contribution in [2.24, 2.45) is 4.99 Å². The molecule has 0 aliphatic heterocycles. The zero-order valence-electron chi connectivity index (χ0n) is 13.6. The Hall–Kier alpha value is -1.65. The van der Waals surface area contributed by atoms with Gasteiger partial charge in [0.05, 0.1) is 5.69 Å². The van der Waals surface area contributed by atoms with Crippen molar-refractivity contribution in [3.8, 4) is 5.75 Å². The van der Waals surface area contributed by atoms with Gasteiger partial charge in [-0.15, -0.1) is 11.8 Å². The number of rotatable bonds is 5. The lowest BCUT2D eigenvalue weighted by atomic mass is 10.3. The van der Waals surface area contributed by atoms with E-state index in [1.807, 2.05) is 79.1 Å². The summed E-state index contributed by atoms with van der Waals surface area (Å²) in [4.78, 5) is 4.52. The lowest BCUT2D eigenvalue weighted by Crippen LogP contribution is -2.04. The number of aliphatic imine (C=N–C) groups is 1. The molecule has 0 aromatic heterocycles. The second-order valence-corrected chi connectivity index (χ2v) is 6.09. The molecule has 0 fully saturated rings. The summed E-state index contributed by atoms with van der Waals surface area (Å²) >= 11 is 5.50. The van der Waals surface area contributed by atoms with Crippen LogP contribution in [0.1, 0.15) is 13.8 Å². The molecule has 0 atom stereocenters. The Bertz CT molecular complexity index is 583. The highest BCUT2D eigenvalue weighted by Crippen LogP contribution is 2.15. The normalized spacial score (nSPS) is 11.0. The molecule has 2 aromatic carbocycles. The third kappa shape index (κ3) is 9.16. The van der Waals surface area contributed by atoms with Gasteiger partial charge >= 0.3 is 0 Å². The molecular weight excluding hydrogens is 322 g/mol. The zero-order chi connectivity index (χ0) is 16.8. The molecule has 0 bridgehead atoms. The fourth-order valence-corrected chi connectivity index (χ4v) is 1.94. The quantitative estimate of drug-likeness (QED) is 0.408. The molecule has 0 aliphatic rings. The molecule has 122 valence electrons. The first kappa shape index (κ1) is 19.4. The molecular formula is C19H23NOS2. The summed E-state index contributed by atoms with van der Waals surface area (Å²) in [5.41, 5.74) is 0.879. The van der Waals surface area contributed by atoms with E-state index in [0.717, 1.165) is 22.9 Å². The first-order valence-electron chi connectivity index (χ1n) is 7.55. The molecule has 0 unspecified atom stereocenters. The van der Waals surface area contributed by atoms with Crippen molar-refractivity contribution >= 4 is 36.0 Å². The lowest BCUT2D eigenvalue weighted by molar-refractivity contribution is 0.556. The van der Waals surface area contributed by atoms with Crippen LogP contribution in [-0.4, -0.2) is 17.4 Å². The van der Waals surface area contributed by atoms with Gasteiger partial charge in [-0.1, -0.05) is 50.2 Å². The smallest absolute Gasteiger partial charge is 0.220 e. The molecule has 0 saturated heterocycles. The van der Waals surface area contributed by atoms with Gasteiger partial charge in [-0.05, 0) is 41.2 Å². The lowest BCUT2D eigenvalue weighted by Gasteiger charge is -2.05. The standard InChI is InChI=1S/C17H17NOS.C2H6S/c1-2-20-14-13-17(18-15-9-5-3-6-10-15)19-16-11-7-4-8-12-16;1-2-3/h3-14H,2H2,1H3;3H,2H2,1H3/b14-13+,18-17-;. The number of ether oxygens (including phenoxy) is 1. The molecule has 2 nitrogen and oxygen atoms in total.